The second-order valence-corrected chi connectivity index (χ2v) is 8.47. The minimum atomic E-state index is -0.649. The predicted octanol–water partition coefficient (Wildman–Crippen LogP) is 2.60. The molecule has 3 aromatic rings. The molecular weight excluding hydrogens is 428 g/mol. The van der Waals surface area contributed by atoms with Crippen LogP contribution in [0.5, 0.6) is 0 Å². The first-order valence-electron chi connectivity index (χ1n) is 11.7. The van der Waals surface area contributed by atoms with E-state index in [0.717, 1.165) is 31.5 Å². The summed E-state index contributed by atoms with van der Waals surface area (Å²) in [5.41, 5.74) is 2.38. The van der Waals surface area contributed by atoms with Crippen molar-refractivity contribution in [1.82, 2.24) is 30.9 Å². The topological polar surface area (TPSA) is 109 Å². The molecule has 1 aromatic carbocycles. The molecule has 3 atom stereocenters. The van der Waals surface area contributed by atoms with E-state index in [0.29, 0.717) is 24.9 Å². The monoisotopic (exact) mass is 458 g/mol. The number of aromatic nitrogens is 3. The van der Waals surface area contributed by atoms with Crippen molar-refractivity contribution in [1.29, 1.82) is 0 Å². The molecule has 0 spiro atoms. The molecule has 2 heterocycles. The smallest absolute Gasteiger partial charge is 0.270 e. The van der Waals surface area contributed by atoms with Gasteiger partial charge in [0.25, 0.3) is 5.91 Å². The van der Waals surface area contributed by atoms with Crippen LogP contribution in [0.4, 0.5) is 0 Å². The van der Waals surface area contributed by atoms with E-state index < -0.39 is 6.04 Å². The molecule has 176 valence electrons. The number of hydrogen-bond acceptors (Lipinski definition) is 6. The highest BCUT2D eigenvalue weighted by Gasteiger charge is 2.37. The Balaban J connectivity index is 1.24. The van der Waals surface area contributed by atoms with Crippen molar-refractivity contribution < 1.29 is 9.59 Å². The van der Waals surface area contributed by atoms with E-state index in [-0.39, 0.29) is 17.5 Å². The van der Waals surface area contributed by atoms with Crippen LogP contribution in [0, 0.1) is 0 Å². The molecule has 0 saturated heterocycles. The van der Waals surface area contributed by atoms with E-state index in [1.54, 1.807) is 6.20 Å². The maximum Gasteiger partial charge on any atom is 0.270 e. The third-order valence-corrected chi connectivity index (χ3v) is 5.95. The number of benzene rings is 1. The van der Waals surface area contributed by atoms with Gasteiger partial charge in [0, 0.05) is 24.4 Å². The molecule has 1 aliphatic carbocycles. The molecule has 4 rings (SSSR count). The molecule has 0 aliphatic heterocycles. The van der Waals surface area contributed by atoms with Crippen LogP contribution in [0.15, 0.2) is 73.3 Å². The van der Waals surface area contributed by atoms with E-state index in [9.17, 15) is 9.59 Å². The van der Waals surface area contributed by atoms with Gasteiger partial charge in [0.05, 0.1) is 12.2 Å². The van der Waals surface area contributed by atoms with Gasteiger partial charge in [-0.2, -0.15) is 0 Å². The van der Waals surface area contributed by atoms with Crippen molar-refractivity contribution in [3.63, 3.8) is 0 Å². The van der Waals surface area contributed by atoms with E-state index in [4.69, 9.17) is 0 Å². The highest BCUT2D eigenvalue weighted by molar-refractivity contribution is 5.95. The molecule has 1 saturated carbocycles. The zero-order valence-corrected chi connectivity index (χ0v) is 19.1. The maximum atomic E-state index is 12.9. The largest absolute Gasteiger partial charge is 0.349 e. The quantitative estimate of drug-likeness (QED) is 0.360. The lowest BCUT2D eigenvalue weighted by atomic mass is 10.1. The zero-order chi connectivity index (χ0) is 23.6. The van der Waals surface area contributed by atoms with E-state index in [1.165, 1.54) is 24.2 Å². The molecule has 8 heteroatoms. The first kappa shape index (κ1) is 23.5. The van der Waals surface area contributed by atoms with Gasteiger partial charge in [-0.3, -0.25) is 14.6 Å². The van der Waals surface area contributed by atoms with Gasteiger partial charge in [0.15, 0.2) is 0 Å². The number of carbonyl (C=O) groups excluding carboxylic acids is 2. The second kappa shape index (κ2) is 12.0. The minimum absolute atomic E-state index is 0.229. The van der Waals surface area contributed by atoms with Crippen LogP contribution in [-0.2, 0) is 11.3 Å². The van der Waals surface area contributed by atoms with Gasteiger partial charge in [0.2, 0.25) is 5.91 Å². The summed E-state index contributed by atoms with van der Waals surface area (Å²) in [5.74, 6) is -0.0204. The Kier molecular flexibility index (Phi) is 8.29. The fourth-order valence-electron chi connectivity index (χ4n) is 3.98. The van der Waals surface area contributed by atoms with Crippen molar-refractivity contribution in [2.75, 3.05) is 6.54 Å². The average molecular weight is 459 g/mol. The van der Waals surface area contributed by atoms with Crippen molar-refractivity contribution in [3.05, 3.63) is 90.3 Å². The Morgan fingerprint density at radius 1 is 0.971 bits per heavy atom. The van der Waals surface area contributed by atoms with Crippen molar-refractivity contribution in [3.8, 4) is 0 Å². The van der Waals surface area contributed by atoms with E-state index in [1.807, 2.05) is 24.3 Å². The Hall–Kier alpha value is -3.65. The molecule has 2 amide bonds. The third kappa shape index (κ3) is 6.92. The van der Waals surface area contributed by atoms with Crippen LogP contribution in [0.25, 0.3) is 0 Å². The SMILES string of the molecule is O=C(NC(CCCCNC1CC1c1ccccc1)C(=O)NCc1ccccn1)c1ccncn1. The summed E-state index contributed by atoms with van der Waals surface area (Å²) in [6.07, 6.45) is 7.94. The lowest BCUT2D eigenvalue weighted by Crippen LogP contribution is -2.46. The van der Waals surface area contributed by atoms with Gasteiger partial charge < -0.3 is 16.0 Å². The van der Waals surface area contributed by atoms with Crippen LogP contribution in [-0.4, -0.2) is 45.4 Å². The van der Waals surface area contributed by atoms with E-state index in [2.05, 4.69) is 55.2 Å². The van der Waals surface area contributed by atoms with Gasteiger partial charge in [-0.05, 0) is 56.0 Å². The summed E-state index contributed by atoms with van der Waals surface area (Å²) in [6, 6.07) is 17.5. The molecule has 0 radical (unpaired) electrons. The minimum Gasteiger partial charge on any atom is -0.349 e. The first-order valence-corrected chi connectivity index (χ1v) is 11.7. The lowest BCUT2D eigenvalue weighted by Gasteiger charge is -2.18. The molecule has 0 bridgehead atoms. The van der Waals surface area contributed by atoms with E-state index >= 15 is 0 Å². The van der Waals surface area contributed by atoms with Crippen molar-refractivity contribution in [2.45, 2.75) is 50.2 Å². The van der Waals surface area contributed by atoms with Gasteiger partial charge in [-0.1, -0.05) is 36.4 Å². The number of carbonyl (C=O) groups is 2. The van der Waals surface area contributed by atoms with Gasteiger partial charge in [-0.25, -0.2) is 9.97 Å². The summed E-state index contributed by atoms with van der Waals surface area (Å²) in [7, 11) is 0. The van der Waals surface area contributed by atoms with Crippen LogP contribution in [0.1, 0.15) is 53.3 Å². The van der Waals surface area contributed by atoms with Crippen molar-refractivity contribution >= 4 is 11.8 Å². The fraction of sp³-hybridized carbons (Fsp3) is 0.346. The number of unbranched alkanes of at least 4 members (excludes halogenated alkanes) is 1. The number of hydrogen-bond donors (Lipinski definition) is 3. The van der Waals surface area contributed by atoms with Crippen LogP contribution < -0.4 is 16.0 Å². The van der Waals surface area contributed by atoms with Gasteiger partial charge in [0.1, 0.15) is 18.1 Å². The Labute approximate surface area is 199 Å². The number of pyridine rings is 1. The number of nitrogens with zero attached hydrogens (tertiary/aromatic N) is 3. The summed E-state index contributed by atoms with van der Waals surface area (Å²) in [4.78, 5) is 37.5. The molecule has 1 aliphatic rings. The van der Waals surface area contributed by atoms with Crippen LogP contribution >= 0.6 is 0 Å². The molecule has 8 nitrogen and oxygen atoms in total. The fourth-order valence-corrected chi connectivity index (χ4v) is 3.98. The lowest BCUT2D eigenvalue weighted by molar-refractivity contribution is -0.123. The first-order chi connectivity index (χ1) is 16.7. The molecule has 3 N–H and O–H groups in total. The maximum absolute atomic E-state index is 12.9. The molecule has 3 unspecified atom stereocenters. The second-order valence-electron chi connectivity index (χ2n) is 8.47. The summed E-state index contributed by atoms with van der Waals surface area (Å²) >= 11 is 0. The number of amides is 2. The normalized spacial score (nSPS) is 17.5. The zero-order valence-electron chi connectivity index (χ0n) is 19.1. The molecular formula is C26H30N6O2. The molecule has 2 aromatic heterocycles. The highest BCUT2D eigenvalue weighted by atomic mass is 16.2. The molecule has 34 heavy (non-hydrogen) atoms. The predicted molar refractivity (Wildman–Crippen MR) is 129 cm³/mol. The number of rotatable bonds is 12. The number of nitrogens with one attached hydrogen (secondary N) is 3. The summed E-state index contributed by atoms with van der Waals surface area (Å²) in [6.45, 7) is 1.19. The van der Waals surface area contributed by atoms with Crippen LogP contribution in [0.3, 0.4) is 0 Å². The summed E-state index contributed by atoms with van der Waals surface area (Å²) < 4.78 is 0. The Morgan fingerprint density at radius 3 is 2.59 bits per heavy atom. The molecule has 1 fully saturated rings. The van der Waals surface area contributed by atoms with Gasteiger partial charge in [-0.15, -0.1) is 0 Å². The Morgan fingerprint density at radius 2 is 1.82 bits per heavy atom. The standard InChI is InChI=1S/C26H30N6O2/c33-25(30-17-20-10-4-6-13-28-20)23(32-26(34)22-12-15-27-18-31-22)11-5-7-14-29-24-16-21(24)19-8-2-1-3-9-19/h1-4,6,8-10,12-13,15,18,21,23-24,29H,5,7,11,14,16-17H2,(H,30,33)(H,32,34). The third-order valence-electron chi connectivity index (χ3n) is 5.95. The average Bonchev–Trinajstić information content (AvgIpc) is 3.67. The van der Waals surface area contributed by atoms with Gasteiger partial charge >= 0.3 is 0 Å². The van der Waals surface area contributed by atoms with Crippen LogP contribution in [0.2, 0.25) is 0 Å². The van der Waals surface area contributed by atoms with Crippen molar-refractivity contribution in [2.24, 2.45) is 0 Å². The summed E-state index contributed by atoms with van der Waals surface area (Å²) in [5, 5.41) is 9.32. The Bertz CT molecular complexity index is 1050. The highest BCUT2D eigenvalue weighted by Crippen LogP contribution is 2.40.